The van der Waals surface area contributed by atoms with Gasteiger partial charge in [0.15, 0.2) is 0 Å². The average Bonchev–Trinajstić information content (AvgIpc) is 3.38. The number of hydrogen-bond donors (Lipinski definition) is 0. The number of hydrogen-bond acceptors (Lipinski definition) is 2. The molecule has 0 radical (unpaired) electrons. The maximum atomic E-state index is 5.04. The fraction of sp³-hybridized carbons (Fsp3) is 0.0909. The molecule has 3 heteroatoms. The first-order chi connectivity index (χ1) is 17.6. The monoisotopic (exact) mass is 461 g/mol. The molecule has 0 spiro atoms. The first kappa shape index (κ1) is 19.8. The lowest BCUT2D eigenvalue weighted by Gasteiger charge is -2.21. The maximum Gasteiger partial charge on any atom is 0.235 e. The van der Waals surface area contributed by atoms with E-state index in [4.69, 9.17) is 9.97 Å². The van der Waals surface area contributed by atoms with E-state index in [-0.39, 0.29) is 5.41 Å². The second-order valence-corrected chi connectivity index (χ2v) is 10.3. The van der Waals surface area contributed by atoms with E-state index < -0.39 is 0 Å². The fourth-order valence-corrected chi connectivity index (χ4v) is 6.34. The van der Waals surface area contributed by atoms with Crippen molar-refractivity contribution in [3.63, 3.8) is 0 Å². The van der Waals surface area contributed by atoms with Crippen LogP contribution in [0, 0.1) is 0 Å². The predicted molar refractivity (Wildman–Crippen MR) is 149 cm³/mol. The van der Waals surface area contributed by atoms with E-state index in [0.29, 0.717) is 5.95 Å². The van der Waals surface area contributed by atoms with E-state index in [1.807, 2.05) is 18.3 Å². The molecular formula is C33H23N3. The number of nitrogens with zero attached hydrogens (tertiary/aromatic N) is 3. The van der Waals surface area contributed by atoms with Gasteiger partial charge in [0.1, 0.15) is 0 Å². The van der Waals surface area contributed by atoms with Crippen molar-refractivity contribution in [1.82, 2.24) is 14.5 Å². The van der Waals surface area contributed by atoms with Crippen molar-refractivity contribution < 1.29 is 0 Å². The molecule has 1 aliphatic carbocycles. The van der Waals surface area contributed by atoms with Crippen LogP contribution in [0.5, 0.6) is 0 Å². The Labute approximate surface area is 208 Å². The summed E-state index contributed by atoms with van der Waals surface area (Å²) in [7, 11) is 0. The van der Waals surface area contributed by atoms with E-state index >= 15 is 0 Å². The molecular weight excluding hydrogens is 438 g/mol. The molecule has 0 saturated heterocycles. The number of benzene rings is 5. The highest BCUT2D eigenvalue weighted by molar-refractivity contribution is 6.23. The molecule has 170 valence electrons. The quantitative estimate of drug-likeness (QED) is 0.247. The van der Waals surface area contributed by atoms with Gasteiger partial charge in [0.25, 0.3) is 0 Å². The van der Waals surface area contributed by atoms with Crippen molar-refractivity contribution in [2.24, 2.45) is 0 Å². The topological polar surface area (TPSA) is 30.7 Å². The van der Waals surface area contributed by atoms with Crippen molar-refractivity contribution in [3.05, 3.63) is 114 Å². The summed E-state index contributed by atoms with van der Waals surface area (Å²) in [5.41, 5.74) is 8.61. The standard InChI is InChI=1S/C33H23N3/c1-33(2)25-12-6-4-11-24(25)30-26(33)18-16-20-15-17-23-22-10-5-8-14-28(22)36(31(23)29(20)30)32-34-19-21-9-3-7-13-27(21)35-32/h3-19H,1-2H3. The van der Waals surface area contributed by atoms with Gasteiger partial charge in [0.05, 0.1) is 16.6 Å². The molecule has 0 unspecified atom stereocenters. The van der Waals surface area contributed by atoms with Crippen molar-refractivity contribution in [1.29, 1.82) is 0 Å². The number of fused-ring (bicyclic) bond motifs is 10. The summed E-state index contributed by atoms with van der Waals surface area (Å²) in [4.78, 5) is 9.92. The molecule has 0 bridgehead atoms. The summed E-state index contributed by atoms with van der Waals surface area (Å²) >= 11 is 0. The Morgan fingerprint density at radius 2 is 1.44 bits per heavy atom. The van der Waals surface area contributed by atoms with Gasteiger partial charge in [-0.2, -0.15) is 0 Å². The summed E-state index contributed by atoms with van der Waals surface area (Å²) in [6.07, 6.45) is 1.94. The van der Waals surface area contributed by atoms with Gasteiger partial charge in [-0.25, -0.2) is 9.97 Å². The lowest BCUT2D eigenvalue weighted by Crippen LogP contribution is -2.14. The Balaban J connectivity index is 1.62. The smallest absolute Gasteiger partial charge is 0.235 e. The van der Waals surface area contributed by atoms with Crippen LogP contribution in [0.25, 0.3) is 60.6 Å². The molecule has 8 rings (SSSR count). The molecule has 0 N–H and O–H groups in total. The van der Waals surface area contributed by atoms with Crippen LogP contribution < -0.4 is 0 Å². The molecule has 5 aromatic carbocycles. The molecule has 0 aliphatic heterocycles. The first-order valence-corrected chi connectivity index (χ1v) is 12.4. The largest absolute Gasteiger partial charge is 0.277 e. The normalized spacial score (nSPS) is 14.1. The van der Waals surface area contributed by atoms with Crippen LogP contribution in [0.15, 0.2) is 103 Å². The zero-order valence-corrected chi connectivity index (χ0v) is 20.2. The van der Waals surface area contributed by atoms with Crippen molar-refractivity contribution >= 4 is 43.5 Å². The second kappa shape index (κ2) is 6.79. The van der Waals surface area contributed by atoms with Crippen molar-refractivity contribution in [2.75, 3.05) is 0 Å². The third-order valence-electron chi connectivity index (χ3n) is 8.04. The third-order valence-corrected chi connectivity index (χ3v) is 8.04. The Morgan fingerprint density at radius 3 is 2.39 bits per heavy atom. The first-order valence-electron chi connectivity index (χ1n) is 12.4. The molecule has 0 saturated carbocycles. The summed E-state index contributed by atoms with van der Waals surface area (Å²) in [5.74, 6) is 0.704. The Morgan fingerprint density at radius 1 is 0.667 bits per heavy atom. The minimum absolute atomic E-state index is 0.0570. The minimum atomic E-state index is -0.0570. The Hall–Kier alpha value is -4.50. The molecule has 2 aromatic heterocycles. The molecule has 0 atom stereocenters. The maximum absolute atomic E-state index is 5.04. The van der Waals surface area contributed by atoms with Gasteiger partial charge in [-0.15, -0.1) is 0 Å². The lowest BCUT2D eigenvalue weighted by atomic mass is 9.82. The molecule has 3 nitrogen and oxygen atoms in total. The van der Waals surface area contributed by atoms with Crippen molar-refractivity contribution in [2.45, 2.75) is 19.3 Å². The zero-order chi connectivity index (χ0) is 24.0. The van der Waals surface area contributed by atoms with Gasteiger partial charge < -0.3 is 0 Å². The van der Waals surface area contributed by atoms with E-state index in [1.54, 1.807) is 0 Å². The van der Waals surface area contributed by atoms with Crippen LogP contribution in [0.2, 0.25) is 0 Å². The predicted octanol–water partition coefficient (Wildman–Crippen LogP) is 8.19. The van der Waals surface area contributed by atoms with Crippen molar-refractivity contribution in [3.8, 4) is 17.1 Å². The van der Waals surface area contributed by atoms with Crippen LogP contribution in [-0.4, -0.2) is 14.5 Å². The second-order valence-electron chi connectivity index (χ2n) is 10.3. The summed E-state index contributed by atoms with van der Waals surface area (Å²) in [6.45, 7) is 4.68. The lowest BCUT2D eigenvalue weighted by molar-refractivity contribution is 0.661. The number of aromatic nitrogens is 3. The van der Waals surface area contributed by atoms with Gasteiger partial charge in [0.2, 0.25) is 5.95 Å². The van der Waals surface area contributed by atoms with E-state index in [9.17, 15) is 0 Å². The van der Waals surface area contributed by atoms with Crippen LogP contribution >= 0.6 is 0 Å². The Bertz CT molecular complexity index is 2030. The van der Waals surface area contributed by atoms with Crippen LogP contribution in [0.4, 0.5) is 0 Å². The number of rotatable bonds is 1. The van der Waals surface area contributed by atoms with Crippen LogP contribution in [0.1, 0.15) is 25.0 Å². The highest BCUT2D eigenvalue weighted by atomic mass is 15.2. The molecule has 2 heterocycles. The SMILES string of the molecule is CC1(C)c2ccccc2-c2c1ccc1ccc3c4ccccc4n(-c4ncc5ccccc5n4)c3c21. The van der Waals surface area contributed by atoms with Gasteiger partial charge in [-0.1, -0.05) is 98.8 Å². The minimum Gasteiger partial charge on any atom is -0.277 e. The van der Waals surface area contributed by atoms with Crippen LogP contribution in [-0.2, 0) is 5.41 Å². The summed E-state index contributed by atoms with van der Waals surface area (Å²) < 4.78 is 2.27. The van der Waals surface area contributed by atoms with E-state index in [2.05, 4.69) is 103 Å². The summed E-state index contributed by atoms with van der Waals surface area (Å²) in [5, 5.41) is 6.00. The molecule has 0 amide bonds. The highest BCUT2D eigenvalue weighted by Crippen LogP contribution is 2.53. The van der Waals surface area contributed by atoms with Gasteiger partial charge >= 0.3 is 0 Å². The zero-order valence-electron chi connectivity index (χ0n) is 20.2. The third kappa shape index (κ3) is 2.42. The van der Waals surface area contributed by atoms with E-state index in [1.165, 1.54) is 49.3 Å². The van der Waals surface area contributed by atoms with Gasteiger partial charge in [-0.05, 0) is 39.8 Å². The van der Waals surface area contributed by atoms with E-state index in [0.717, 1.165) is 16.4 Å². The summed E-state index contributed by atoms with van der Waals surface area (Å²) in [6, 6.07) is 34.8. The number of para-hydroxylation sites is 2. The van der Waals surface area contributed by atoms with Gasteiger partial charge in [-0.3, -0.25) is 4.57 Å². The highest BCUT2D eigenvalue weighted by Gasteiger charge is 2.37. The van der Waals surface area contributed by atoms with Crippen LogP contribution in [0.3, 0.4) is 0 Å². The Kier molecular flexibility index (Phi) is 3.73. The fourth-order valence-electron chi connectivity index (χ4n) is 6.34. The average molecular weight is 462 g/mol. The van der Waals surface area contributed by atoms with Gasteiger partial charge in [0, 0.05) is 33.2 Å². The molecule has 7 aromatic rings. The molecule has 1 aliphatic rings. The molecule has 0 fully saturated rings. The molecule has 36 heavy (non-hydrogen) atoms.